The first-order chi connectivity index (χ1) is 11.8. The first kappa shape index (κ1) is 18.8. The average molecular weight is 390 g/mol. The molecule has 25 heavy (non-hydrogen) atoms. The molecule has 3 rings (SSSR count). The Morgan fingerprint density at radius 3 is 2.12 bits per heavy atom. The molecular formula is C14H8Cl2F3N5O. The van der Waals surface area contributed by atoms with Crippen molar-refractivity contribution < 1.29 is 13.2 Å². The van der Waals surface area contributed by atoms with Crippen molar-refractivity contribution in [2.24, 2.45) is 0 Å². The van der Waals surface area contributed by atoms with Crippen LogP contribution in [0.25, 0.3) is 11.4 Å². The molecule has 0 saturated carbocycles. The summed E-state index contributed by atoms with van der Waals surface area (Å²) in [6.45, 7) is 0. The molecule has 130 valence electrons. The SMILES string of the molecule is FC(F)(F)c1ccc(-c2cc(Cl)ncn2)nc1.O=c1cc(Cl)nc[nH]1. The number of halogens is 5. The van der Waals surface area contributed by atoms with E-state index in [0.717, 1.165) is 12.3 Å². The van der Waals surface area contributed by atoms with E-state index < -0.39 is 11.7 Å². The van der Waals surface area contributed by atoms with Gasteiger partial charge in [0.15, 0.2) is 0 Å². The summed E-state index contributed by atoms with van der Waals surface area (Å²) in [6, 6.07) is 4.82. The maximum Gasteiger partial charge on any atom is 0.417 e. The lowest BCUT2D eigenvalue weighted by Gasteiger charge is -2.06. The van der Waals surface area contributed by atoms with Crippen molar-refractivity contribution in [3.63, 3.8) is 0 Å². The van der Waals surface area contributed by atoms with Crippen LogP contribution >= 0.6 is 23.2 Å². The van der Waals surface area contributed by atoms with E-state index in [-0.39, 0.29) is 15.9 Å². The fourth-order valence-corrected chi connectivity index (χ4v) is 1.83. The average Bonchev–Trinajstić information content (AvgIpc) is 2.54. The van der Waals surface area contributed by atoms with Crippen LogP contribution in [-0.4, -0.2) is 24.9 Å². The van der Waals surface area contributed by atoms with Crippen LogP contribution in [0.2, 0.25) is 10.3 Å². The number of hydrogen-bond acceptors (Lipinski definition) is 5. The summed E-state index contributed by atoms with van der Waals surface area (Å²) in [6.07, 6.45) is -1.16. The molecule has 1 N–H and O–H groups in total. The van der Waals surface area contributed by atoms with Crippen LogP contribution < -0.4 is 5.56 Å². The lowest BCUT2D eigenvalue weighted by Crippen LogP contribution is -2.05. The third-order valence-electron chi connectivity index (χ3n) is 2.63. The predicted octanol–water partition coefficient (Wildman–Crippen LogP) is 3.63. The Kier molecular flexibility index (Phi) is 6.05. The zero-order valence-corrected chi connectivity index (χ0v) is 13.6. The summed E-state index contributed by atoms with van der Waals surface area (Å²) in [4.78, 5) is 27.4. The first-order valence-electron chi connectivity index (χ1n) is 6.47. The second kappa shape index (κ2) is 8.04. The fourth-order valence-electron chi connectivity index (χ4n) is 1.53. The molecule has 0 amide bonds. The van der Waals surface area contributed by atoms with Gasteiger partial charge in [-0.1, -0.05) is 23.2 Å². The molecule has 0 spiro atoms. The highest BCUT2D eigenvalue weighted by atomic mass is 35.5. The molecule has 0 bridgehead atoms. The number of H-pyrrole nitrogens is 1. The Labute approximate surface area is 148 Å². The molecule has 11 heteroatoms. The molecule has 3 aromatic rings. The van der Waals surface area contributed by atoms with Gasteiger partial charge in [0, 0.05) is 18.3 Å². The van der Waals surface area contributed by atoms with Gasteiger partial charge in [-0.15, -0.1) is 0 Å². The first-order valence-corrected chi connectivity index (χ1v) is 7.22. The van der Waals surface area contributed by atoms with E-state index in [4.69, 9.17) is 23.2 Å². The molecule has 6 nitrogen and oxygen atoms in total. The van der Waals surface area contributed by atoms with E-state index in [1.807, 2.05) is 0 Å². The van der Waals surface area contributed by atoms with Crippen LogP contribution in [0.15, 0.2) is 47.9 Å². The van der Waals surface area contributed by atoms with E-state index >= 15 is 0 Å². The van der Waals surface area contributed by atoms with Crippen LogP contribution in [0.1, 0.15) is 5.56 Å². The molecule has 0 saturated heterocycles. The van der Waals surface area contributed by atoms with Gasteiger partial charge in [0.2, 0.25) is 0 Å². The standard InChI is InChI=1S/C10H5ClF3N3.C4H3ClN2O/c11-9-3-8(16-5-17-9)7-2-1-6(4-15-7)10(12,13)14;5-3-1-4(8)7-2-6-3/h1-5H;1-2H,(H,6,7,8). The summed E-state index contributed by atoms with van der Waals surface area (Å²) in [5.41, 5.74) is -0.354. The van der Waals surface area contributed by atoms with Crippen LogP contribution in [0.5, 0.6) is 0 Å². The normalized spacial score (nSPS) is 10.8. The lowest BCUT2D eigenvalue weighted by atomic mass is 10.2. The number of nitrogens with zero attached hydrogens (tertiary/aromatic N) is 4. The van der Waals surface area contributed by atoms with Crippen molar-refractivity contribution in [1.82, 2.24) is 24.9 Å². The number of alkyl halides is 3. The molecule has 0 aliphatic carbocycles. The van der Waals surface area contributed by atoms with Crippen molar-refractivity contribution in [1.29, 1.82) is 0 Å². The van der Waals surface area contributed by atoms with E-state index in [2.05, 4.69) is 24.9 Å². The van der Waals surface area contributed by atoms with Crippen molar-refractivity contribution in [3.05, 3.63) is 69.3 Å². The number of aromatic nitrogens is 5. The molecule has 0 radical (unpaired) electrons. The van der Waals surface area contributed by atoms with Gasteiger partial charge in [-0.05, 0) is 12.1 Å². The van der Waals surface area contributed by atoms with Gasteiger partial charge in [0.05, 0.1) is 23.3 Å². The lowest BCUT2D eigenvalue weighted by molar-refractivity contribution is -0.137. The molecule has 0 aliphatic rings. The highest BCUT2D eigenvalue weighted by Gasteiger charge is 2.30. The van der Waals surface area contributed by atoms with Gasteiger partial charge >= 0.3 is 6.18 Å². The summed E-state index contributed by atoms with van der Waals surface area (Å²) < 4.78 is 36.9. The largest absolute Gasteiger partial charge is 0.417 e. The predicted molar refractivity (Wildman–Crippen MR) is 85.1 cm³/mol. The van der Waals surface area contributed by atoms with Gasteiger partial charge in [-0.25, -0.2) is 15.0 Å². The Hall–Kier alpha value is -2.52. The van der Waals surface area contributed by atoms with E-state index in [1.165, 1.54) is 30.9 Å². The van der Waals surface area contributed by atoms with Crippen molar-refractivity contribution >= 4 is 23.2 Å². The molecule has 0 atom stereocenters. The molecule has 3 aromatic heterocycles. The summed E-state index contributed by atoms with van der Waals surface area (Å²) in [7, 11) is 0. The summed E-state index contributed by atoms with van der Waals surface area (Å²) >= 11 is 11.0. The Morgan fingerprint density at radius 1 is 0.920 bits per heavy atom. The smallest absolute Gasteiger partial charge is 0.313 e. The number of hydrogen-bond donors (Lipinski definition) is 1. The topological polar surface area (TPSA) is 84.4 Å². The molecule has 3 heterocycles. The maximum atomic E-state index is 12.3. The summed E-state index contributed by atoms with van der Waals surface area (Å²) in [5, 5.41) is 0.422. The Balaban J connectivity index is 0.000000236. The monoisotopic (exact) mass is 389 g/mol. The summed E-state index contributed by atoms with van der Waals surface area (Å²) in [5.74, 6) is 0. The molecule has 0 unspecified atom stereocenters. The molecule has 0 aliphatic heterocycles. The number of nitrogens with one attached hydrogen (secondary N) is 1. The van der Waals surface area contributed by atoms with Gasteiger partial charge < -0.3 is 4.98 Å². The fraction of sp³-hybridized carbons (Fsp3) is 0.0714. The van der Waals surface area contributed by atoms with Crippen molar-refractivity contribution in [2.45, 2.75) is 6.18 Å². The minimum atomic E-state index is -4.39. The third kappa shape index (κ3) is 5.80. The minimum absolute atomic E-state index is 0.205. The van der Waals surface area contributed by atoms with E-state index in [1.54, 1.807) is 0 Å². The maximum absolute atomic E-state index is 12.3. The van der Waals surface area contributed by atoms with E-state index in [9.17, 15) is 18.0 Å². The number of pyridine rings is 1. The molecule has 0 fully saturated rings. The van der Waals surface area contributed by atoms with Crippen molar-refractivity contribution in [3.8, 4) is 11.4 Å². The van der Waals surface area contributed by atoms with E-state index in [0.29, 0.717) is 11.4 Å². The second-order valence-corrected chi connectivity index (χ2v) is 5.16. The molecular weight excluding hydrogens is 382 g/mol. The Bertz CT molecular complexity index is 900. The van der Waals surface area contributed by atoms with Crippen LogP contribution in [0, 0.1) is 0 Å². The van der Waals surface area contributed by atoms with Gasteiger partial charge in [-0.2, -0.15) is 13.2 Å². The zero-order valence-electron chi connectivity index (χ0n) is 12.1. The Morgan fingerprint density at radius 2 is 1.64 bits per heavy atom. The van der Waals surface area contributed by atoms with Crippen LogP contribution in [0.4, 0.5) is 13.2 Å². The van der Waals surface area contributed by atoms with Crippen molar-refractivity contribution in [2.75, 3.05) is 0 Å². The zero-order chi connectivity index (χ0) is 18.4. The third-order valence-corrected chi connectivity index (χ3v) is 3.05. The molecule has 0 aromatic carbocycles. The number of aromatic amines is 1. The number of rotatable bonds is 1. The van der Waals surface area contributed by atoms with Gasteiger partial charge in [0.1, 0.15) is 16.6 Å². The van der Waals surface area contributed by atoms with Crippen LogP contribution in [0.3, 0.4) is 0 Å². The highest BCUT2D eigenvalue weighted by molar-refractivity contribution is 6.29. The van der Waals surface area contributed by atoms with Gasteiger partial charge in [-0.3, -0.25) is 9.78 Å². The van der Waals surface area contributed by atoms with Crippen LogP contribution in [-0.2, 0) is 6.18 Å². The quantitative estimate of drug-likeness (QED) is 0.642. The minimum Gasteiger partial charge on any atom is -0.313 e. The second-order valence-electron chi connectivity index (χ2n) is 4.39. The van der Waals surface area contributed by atoms with Gasteiger partial charge in [0.25, 0.3) is 5.56 Å². The highest BCUT2D eigenvalue weighted by Crippen LogP contribution is 2.29.